The minimum atomic E-state index is -0.0648. The number of nitrogens with two attached hydrogens (primary N) is 1. The minimum absolute atomic E-state index is 0.0208. The molecule has 0 fully saturated rings. The molecule has 2 nitrogen and oxygen atoms in total. The van der Waals surface area contributed by atoms with Gasteiger partial charge in [-0.1, -0.05) is 20.4 Å². The van der Waals surface area contributed by atoms with Crippen molar-refractivity contribution in [3.05, 3.63) is 12.3 Å². The standard InChI is InChI=1S/C6H11NO/c1-4(2)6(8)5(3)7/h4H,3,7H2,1-2H3. The molecular formula is C6H11NO. The SMILES string of the molecule is C=C(N)C(=O)C(C)C. The third kappa shape index (κ3) is 1.78. The Morgan fingerprint density at radius 3 is 2.00 bits per heavy atom. The predicted molar refractivity (Wildman–Crippen MR) is 33.2 cm³/mol. The van der Waals surface area contributed by atoms with Crippen LogP contribution in [-0.4, -0.2) is 5.78 Å². The van der Waals surface area contributed by atoms with Gasteiger partial charge in [0, 0.05) is 5.92 Å². The zero-order valence-corrected chi connectivity index (χ0v) is 5.27. The maximum atomic E-state index is 10.6. The van der Waals surface area contributed by atoms with E-state index in [1.54, 1.807) is 13.8 Å². The summed E-state index contributed by atoms with van der Waals surface area (Å²) in [5.74, 6) is -0.0856. The lowest BCUT2D eigenvalue weighted by molar-refractivity contribution is -0.118. The first-order valence-electron chi connectivity index (χ1n) is 2.54. The molecule has 0 saturated carbocycles. The van der Waals surface area contributed by atoms with Gasteiger partial charge in [-0.05, 0) is 0 Å². The first kappa shape index (κ1) is 7.21. The van der Waals surface area contributed by atoms with Crippen LogP contribution in [0, 0.1) is 5.92 Å². The van der Waals surface area contributed by atoms with Gasteiger partial charge in [0.05, 0.1) is 5.70 Å². The van der Waals surface area contributed by atoms with E-state index in [2.05, 4.69) is 6.58 Å². The normalized spacial score (nSPS) is 9.38. The van der Waals surface area contributed by atoms with Crippen molar-refractivity contribution in [1.82, 2.24) is 0 Å². The van der Waals surface area contributed by atoms with Crippen molar-refractivity contribution in [1.29, 1.82) is 0 Å². The van der Waals surface area contributed by atoms with Crippen LogP contribution in [0.1, 0.15) is 13.8 Å². The Balaban J connectivity index is 3.84. The number of rotatable bonds is 2. The van der Waals surface area contributed by atoms with Crippen LogP contribution >= 0.6 is 0 Å². The van der Waals surface area contributed by atoms with E-state index < -0.39 is 0 Å². The zero-order chi connectivity index (χ0) is 6.73. The summed E-state index contributed by atoms with van der Waals surface area (Å²) in [5.41, 5.74) is 5.25. The molecule has 0 aromatic carbocycles. The van der Waals surface area contributed by atoms with Gasteiger partial charge in [-0.25, -0.2) is 0 Å². The Hall–Kier alpha value is -0.790. The zero-order valence-electron chi connectivity index (χ0n) is 5.27. The molecule has 0 aromatic rings. The molecule has 0 aliphatic rings. The van der Waals surface area contributed by atoms with Gasteiger partial charge in [-0.2, -0.15) is 0 Å². The number of allylic oxidation sites excluding steroid dienone is 1. The molecule has 0 bridgehead atoms. The van der Waals surface area contributed by atoms with Gasteiger partial charge in [0.2, 0.25) is 0 Å². The fourth-order valence-corrected chi connectivity index (χ4v) is 0.371. The number of carbonyl (C=O) groups is 1. The highest BCUT2D eigenvalue weighted by atomic mass is 16.1. The maximum Gasteiger partial charge on any atom is 0.180 e. The molecule has 8 heavy (non-hydrogen) atoms. The summed E-state index contributed by atoms with van der Waals surface area (Å²) in [7, 11) is 0. The summed E-state index contributed by atoms with van der Waals surface area (Å²) in [6.07, 6.45) is 0. The van der Waals surface area contributed by atoms with E-state index in [-0.39, 0.29) is 17.4 Å². The Morgan fingerprint density at radius 1 is 1.62 bits per heavy atom. The van der Waals surface area contributed by atoms with Crippen LogP contribution in [0.5, 0.6) is 0 Å². The van der Waals surface area contributed by atoms with Crippen LogP contribution in [0.4, 0.5) is 0 Å². The van der Waals surface area contributed by atoms with Crippen molar-refractivity contribution in [2.24, 2.45) is 11.7 Å². The van der Waals surface area contributed by atoms with Crippen molar-refractivity contribution >= 4 is 5.78 Å². The van der Waals surface area contributed by atoms with Crippen LogP contribution in [-0.2, 0) is 4.79 Å². The van der Waals surface area contributed by atoms with Gasteiger partial charge in [0.15, 0.2) is 5.78 Å². The van der Waals surface area contributed by atoms with Gasteiger partial charge in [-0.15, -0.1) is 0 Å². The van der Waals surface area contributed by atoms with Gasteiger partial charge < -0.3 is 5.73 Å². The molecule has 0 aliphatic heterocycles. The number of carbonyl (C=O) groups excluding carboxylic acids is 1. The van der Waals surface area contributed by atoms with Gasteiger partial charge in [0.1, 0.15) is 0 Å². The average Bonchev–Trinajstić information content (AvgIpc) is 1.64. The fourth-order valence-electron chi connectivity index (χ4n) is 0.371. The molecule has 0 rings (SSSR count). The molecule has 0 radical (unpaired) electrons. The smallest absolute Gasteiger partial charge is 0.180 e. The molecule has 0 atom stereocenters. The first-order chi connectivity index (χ1) is 3.55. The molecule has 0 saturated heterocycles. The quantitative estimate of drug-likeness (QED) is 0.535. The van der Waals surface area contributed by atoms with Crippen molar-refractivity contribution in [2.75, 3.05) is 0 Å². The Labute approximate surface area is 49.4 Å². The molecular weight excluding hydrogens is 102 g/mol. The highest BCUT2D eigenvalue weighted by Crippen LogP contribution is 1.96. The molecule has 46 valence electrons. The summed E-state index contributed by atoms with van der Waals surface area (Å²) in [6.45, 7) is 6.89. The van der Waals surface area contributed by atoms with Crippen LogP contribution in [0.2, 0.25) is 0 Å². The molecule has 2 N–H and O–H groups in total. The summed E-state index contributed by atoms with van der Waals surface area (Å²) >= 11 is 0. The molecule has 0 heterocycles. The van der Waals surface area contributed by atoms with Crippen molar-refractivity contribution in [3.8, 4) is 0 Å². The third-order valence-electron chi connectivity index (χ3n) is 0.841. The highest BCUT2D eigenvalue weighted by molar-refractivity contribution is 5.95. The van der Waals surface area contributed by atoms with E-state index in [9.17, 15) is 4.79 Å². The molecule has 0 aromatic heterocycles. The summed E-state index contributed by atoms with van der Waals surface area (Å²) < 4.78 is 0. The lowest BCUT2D eigenvalue weighted by Crippen LogP contribution is -2.15. The molecule has 0 amide bonds. The van der Waals surface area contributed by atoms with Crippen LogP contribution in [0.15, 0.2) is 12.3 Å². The second-order valence-electron chi connectivity index (χ2n) is 2.04. The number of hydrogen-bond donors (Lipinski definition) is 1. The Kier molecular flexibility index (Phi) is 2.25. The number of ketones is 1. The van der Waals surface area contributed by atoms with Gasteiger partial charge >= 0.3 is 0 Å². The van der Waals surface area contributed by atoms with E-state index in [0.29, 0.717) is 0 Å². The van der Waals surface area contributed by atoms with E-state index >= 15 is 0 Å². The van der Waals surface area contributed by atoms with E-state index in [4.69, 9.17) is 5.73 Å². The number of hydrogen-bond acceptors (Lipinski definition) is 2. The van der Waals surface area contributed by atoms with Gasteiger partial charge in [0.25, 0.3) is 0 Å². The van der Waals surface area contributed by atoms with Crippen LogP contribution < -0.4 is 5.73 Å². The van der Waals surface area contributed by atoms with Crippen molar-refractivity contribution < 1.29 is 4.79 Å². The largest absolute Gasteiger partial charge is 0.396 e. The van der Waals surface area contributed by atoms with Crippen molar-refractivity contribution in [3.63, 3.8) is 0 Å². The summed E-state index contributed by atoms with van der Waals surface area (Å²) in [5, 5.41) is 0. The predicted octanol–water partition coefficient (Wildman–Crippen LogP) is 0.684. The van der Waals surface area contributed by atoms with E-state index in [1.165, 1.54) is 0 Å². The molecule has 0 aliphatic carbocycles. The van der Waals surface area contributed by atoms with E-state index in [0.717, 1.165) is 0 Å². The monoisotopic (exact) mass is 113 g/mol. The minimum Gasteiger partial charge on any atom is -0.396 e. The summed E-state index contributed by atoms with van der Waals surface area (Å²) in [6, 6.07) is 0. The fraction of sp³-hybridized carbons (Fsp3) is 0.500. The van der Waals surface area contributed by atoms with E-state index in [1.807, 2.05) is 0 Å². The molecule has 0 spiro atoms. The highest BCUT2D eigenvalue weighted by Gasteiger charge is 2.06. The Bertz CT molecular complexity index is 116. The second kappa shape index (κ2) is 2.50. The second-order valence-corrected chi connectivity index (χ2v) is 2.04. The van der Waals surface area contributed by atoms with Crippen LogP contribution in [0.3, 0.4) is 0 Å². The molecule has 2 heteroatoms. The molecule has 0 unspecified atom stereocenters. The lowest BCUT2D eigenvalue weighted by atomic mass is 10.1. The summed E-state index contributed by atoms with van der Waals surface area (Å²) in [4.78, 5) is 10.6. The number of Topliss-reactive ketones (excluding diaryl/α,β-unsaturated/α-hetero) is 1. The third-order valence-corrected chi connectivity index (χ3v) is 0.841. The average molecular weight is 113 g/mol. The maximum absolute atomic E-state index is 10.6. The van der Waals surface area contributed by atoms with Crippen molar-refractivity contribution in [2.45, 2.75) is 13.8 Å². The lowest BCUT2D eigenvalue weighted by Gasteiger charge is -1.99. The van der Waals surface area contributed by atoms with Crippen LogP contribution in [0.25, 0.3) is 0 Å². The topological polar surface area (TPSA) is 43.1 Å². The van der Waals surface area contributed by atoms with Gasteiger partial charge in [-0.3, -0.25) is 4.79 Å². The first-order valence-corrected chi connectivity index (χ1v) is 2.54. The Morgan fingerprint density at radius 2 is 2.00 bits per heavy atom.